The smallest absolute Gasteiger partial charge is 0.0342 e. The summed E-state index contributed by atoms with van der Waals surface area (Å²) in [6.07, 6.45) is 0.984. The van der Waals surface area contributed by atoms with Crippen LogP contribution in [0.4, 0.5) is 0 Å². The van der Waals surface area contributed by atoms with Gasteiger partial charge in [0.1, 0.15) is 0 Å². The number of nitrogens with two attached hydrogens (primary N) is 1. The monoisotopic (exact) mass is 217 g/mol. The summed E-state index contributed by atoms with van der Waals surface area (Å²) in [6.45, 7) is 2.11. The van der Waals surface area contributed by atoms with Crippen molar-refractivity contribution in [2.24, 2.45) is 5.73 Å². The largest absolute Gasteiger partial charge is 0.324 e. The summed E-state index contributed by atoms with van der Waals surface area (Å²) in [5.74, 6) is 0. The van der Waals surface area contributed by atoms with Crippen LogP contribution in [0.3, 0.4) is 0 Å². The van der Waals surface area contributed by atoms with Crippen molar-refractivity contribution in [3.8, 4) is 10.4 Å². The van der Waals surface area contributed by atoms with E-state index in [1.807, 2.05) is 0 Å². The van der Waals surface area contributed by atoms with Crippen LogP contribution in [0.1, 0.15) is 24.9 Å². The second kappa shape index (κ2) is 4.60. The Kier molecular flexibility index (Phi) is 3.19. The summed E-state index contributed by atoms with van der Waals surface area (Å²) in [7, 11) is 0. The fourth-order valence-electron chi connectivity index (χ4n) is 1.57. The maximum absolute atomic E-state index is 5.97. The van der Waals surface area contributed by atoms with E-state index in [0.717, 1.165) is 6.42 Å². The van der Waals surface area contributed by atoms with E-state index < -0.39 is 0 Å². The van der Waals surface area contributed by atoms with Crippen LogP contribution in [0, 0.1) is 0 Å². The molecular formula is C13H15NS. The van der Waals surface area contributed by atoms with Crippen LogP contribution in [0.15, 0.2) is 41.8 Å². The minimum Gasteiger partial charge on any atom is -0.324 e. The number of hydrogen-bond donors (Lipinski definition) is 1. The molecule has 78 valence electrons. The molecule has 0 aliphatic heterocycles. The van der Waals surface area contributed by atoms with Crippen LogP contribution >= 0.6 is 11.3 Å². The molecule has 15 heavy (non-hydrogen) atoms. The molecule has 0 aliphatic rings. The van der Waals surface area contributed by atoms with Crippen LogP contribution in [0.5, 0.6) is 0 Å². The number of rotatable bonds is 3. The fourth-order valence-corrected chi connectivity index (χ4v) is 2.31. The summed E-state index contributed by atoms with van der Waals surface area (Å²) < 4.78 is 0. The molecule has 0 bridgehead atoms. The molecule has 1 nitrogen and oxygen atoms in total. The first-order valence-corrected chi connectivity index (χ1v) is 6.08. The van der Waals surface area contributed by atoms with Gasteiger partial charge in [-0.2, -0.15) is 0 Å². The zero-order valence-electron chi connectivity index (χ0n) is 8.81. The lowest BCUT2D eigenvalue weighted by Gasteiger charge is -2.09. The van der Waals surface area contributed by atoms with Gasteiger partial charge < -0.3 is 5.73 Å². The summed E-state index contributed by atoms with van der Waals surface area (Å²) in [6, 6.07) is 12.9. The third-order valence-electron chi connectivity index (χ3n) is 2.58. The van der Waals surface area contributed by atoms with Crippen molar-refractivity contribution in [3.63, 3.8) is 0 Å². The third-order valence-corrected chi connectivity index (χ3v) is 3.50. The molecule has 2 N–H and O–H groups in total. The molecule has 0 saturated carbocycles. The molecule has 2 aromatic rings. The van der Waals surface area contributed by atoms with Crippen LogP contribution in [-0.2, 0) is 0 Å². The maximum atomic E-state index is 5.97. The Hall–Kier alpha value is -1.12. The van der Waals surface area contributed by atoms with E-state index in [-0.39, 0.29) is 6.04 Å². The molecule has 1 aromatic heterocycles. The number of thiophene rings is 1. The molecule has 2 heteroatoms. The molecule has 0 amide bonds. The molecule has 2 rings (SSSR count). The van der Waals surface area contributed by atoms with E-state index >= 15 is 0 Å². The Morgan fingerprint density at radius 2 is 1.93 bits per heavy atom. The molecule has 1 unspecified atom stereocenters. The topological polar surface area (TPSA) is 26.0 Å². The highest BCUT2D eigenvalue weighted by atomic mass is 32.1. The van der Waals surface area contributed by atoms with Crippen molar-refractivity contribution in [3.05, 3.63) is 47.3 Å². The van der Waals surface area contributed by atoms with Gasteiger partial charge in [0.05, 0.1) is 0 Å². The van der Waals surface area contributed by atoms with Gasteiger partial charge in [-0.05, 0) is 29.0 Å². The van der Waals surface area contributed by atoms with E-state index in [9.17, 15) is 0 Å². The zero-order valence-corrected chi connectivity index (χ0v) is 9.63. The fraction of sp³-hybridized carbons (Fsp3) is 0.231. The Balaban J connectivity index is 2.25. The molecule has 0 aliphatic carbocycles. The van der Waals surface area contributed by atoms with E-state index in [0.29, 0.717) is 0 Å². The highest BCUT2D eigenvalue weighted by Gasteiger charge is 2.03. The molecule has 0 fully saturated rings. The van der Waals surface area contributed by atoms with Crippen molar-refractivity contribution >= 4 is 11.3 Å². The van der Waals surface area contributed by atoms with E-state index in [1.54, 1.807) is 11.3 Å². The van der Waals surface area contributed by atoms with Crippen molar-refractivity contribution < 1.29 is 0 Å². The molecule has 0 spiro atoms. The molecule has 1 heterocycles. The average Bonchev–Trinajstić information content (AvgIpc) is 2.82. The lowest BCUT2D eigenvalue weighted by molar-refractivity contribution is 0.699. The van der Waals surface area contributed by atoms with Gasteiger partial charge in [0.25, 0.3) is 0 Å². The lowest BCUT2D eigenvalue weighted by atomic mass is 10.0. The first-order valence-electron chi connectivity index (χ1n) is 5.20. The van der Waals surface area contributed by atoms with Gasteiger partial charge in [-0.25, -0.2) is 0 Å². The Labute approximate surface area is 94.6 Å². The van der Waals surface area contributed by atoms with Gasteiger partial charge in [0, 0.05) is 10.9 Å². The van der Waals surface area contributed by atoms with Crippen molar-refractivity contribution in [1.82, 2.24) is 0 Å². The van der Waals surface area contributed by atoms with Gasteiger partial charge in [0.2, 0.25) is 0 Å². The highest BCUT2D eigenvalue weighted by molar-refractivity contribution is 7.13. The van der Waals surface area contributed by atoms with Crippen LogP contribution in [-0.4, -0.2) is 0 Å². The Morgan fingerprint density at radius 1 is 1.20 bits per heavy atom. The van der Waals surface area contributed by atoms with E-state index in [1.165, 1.54) is 16.0 Å². The summed E-state index contributed by atoms with van der Waals surface area (Å²) >= 11 is 1.76. The summed E-state index contributed by atoms with van der Waals surface area (Å²) in [4.78, 5) is 1.31. The second-order valence-corrected chi connectivity index (χ2v) is 4.56. The Bertz CT molecular complexity index is 403. The first kappa shape index (κ1) is 10.4. The third kappa shape index (κ3) is 2.28. The molecular weight excluding hydrogens is 202 g/mol. The van der Waals surface area contributed by atoms with Crippen LogP contribution in [0.25, 0.3) is 10.4 Å². The maximum Gasteiger partial charge on any atom is 0.0342 e. The summed E-state index contributed by atoms with van der Waals surface area (Å²) in [5.41, 5.74) is 8.46. The normalized spacial score (nSPS) is 12.7. The number of benzene rings is 1. The average molecular weight is 217 g/mol. The van der Waals surface area contributed by atoms with Crippen LogP contribution in [0.2, 0.25) is 0 Å². The predicted octanol–water partition coefficient (Wildman–Crippen LogP) is 3.82. The van der Waals surface area contributed by atoms with Crippen molar-refractivity contribution in [2.75, 3.05) is 0 Å². The number of hydrogen-bond acceptors (Lipinski definition) is 2. The SMILES string of the molecule is CCC(N)c1ccc(-c2cccs2)cc1. The van der Waals surface area contributed by atoms with E-state index in [2.05, 4.69) is 48.7 Å². The van der Waals surface area contributed by atoms with Gasteiger partial charge in [0.15, 0.2) is 0 Å². The standard InChI is InChI=1S/C13H15NS/c1-2-12(14)10-5-7-11(8-6-10)13-4-3-9-15-13/h3-9,12H,2,14H2,1H3. The van der Waals surface area contributed by atoms with Gasteiger partial charge in [-0.15, -0.1) is 11.3 Å². The van der Waals surface area contributed by atoms with Gasteiger partial charge in [-0.3, -0.25) is 0 Å². The van der Waals surface area contributed by atoms with Crippen LogP contribution < -0.4 is 5.73 Å². The van der Waals surface area contributed by atoms with Crippen molar-refractivity contribution in [1.29, 1.82) is 0 Å². The predicted molar refractivity (Wildman–Crippen MR) is 67.0 cm³/mol. The molecule has 1 aromatic carbocycles. The molecule has 0 saturated heterocycles. The minimum atomic E-state index is 0.169. The first-order chi connectivity index (χ1) is 7.31. The van der Waals surface area contributed by atoms with Crippen molar-refractivity contribution in [2.45, 2.75) is 19.4 Å². The van der Waals surface area contributed by atoms with Gasteiger partial charge in [-0.1, -0.05) is 37.3 Å². The second-order valence-electron chi connectivity index (χ2n) is 3.61. The highest BCUT2D eigenvalue weighted by Crippen LogP contribution is 2.25. The van der Waals surface area contributed by atoms with E-state index in [4.69, 9.17) is 5.73 Å². The zero-order chi connectivity index (χ0) is 10.7. The lowest BCUT2D eigenvalue weighted by Crippen LogP contribution is -2.07. The Morgan fingerprint density at radius 3 is 2.47 bits per heavy atom. The minimum absolute atomic E-state index is 0.169. The van der Waals surface area contributed by atoms with Gasteiger partial charge >= 0.3 is 0 Å². The molecule has 1 atom stereocenters. The summed E-state index contributed by atoms with van der Waals surface area (Å²) in [5, 5.41) is 2.10. The quantitative estimate of drug-likeness (QED) is 0.831. The molecule has 0 radical (unpaired) electrons.